The second-order valence-electron chi connectivity index (χ2n) is 5.26. The minimum absolute atomic E-state index is 0.611. The van der Waals surface area contributed by atoms with Crippen molar-refractivity contribution in [2.45, 2.75) is 32.7 Å². The zero-order valence-electron chi connectivity index (χ0n) is 11.0. The maximum absolute atomic E-state index is 3.44. The summed E-state index contributed by atoms with van der Waals surface area (Å²) in [6.45, 7) is 6.64. The van der Waals surface area contributed by atoms with Crippen LogP contribution in [0.1, 0.15) is 35.8 Å². The normalized spacial score (nSPS) is 14.8. The third-order valence-electron chi connectivity index (χ3n) is 3.60. The van der Waals surface area contributed by atoms with E-state index in [1.54, 1.807) is 4.88 Å². The van der Waals surface area contributed by atoms with Crippen LogP contribution in [0.2, 0.25) is 0 Å². The van der Waals surface area contributed by atoms with E-state index in [1.807, 2.05) is 11.3 Å². The number of thiophene rings is 1. The van der Waals surface area contributed by atoms with Gasteiger partial charge in [-0.15, -0.1) is 11.3 Å². The van der Waals surface area contributed by atoms with Gasteiger partial charge in [-0.05, 0) is 35.1 Å². The zero-order valence-corrected chi connectivity index (χ0v) is 11.8. The predicted molar refractivity (Wildman–Crippen MR) is 79.3 cm³/mol. The molecule has 1 N–H and O–H groups in total. The standard InChI is InChI=1S/C16H19NS/c1-11(2)12-3-5-13(6-4-12)16-9-14-10-17-8-7-15(14)18-16/h3-6,9,11,17H,7-8,10H2,1-2H3. The molecule has 0 radical (unpaired) electrons. The molecule has 0 atom stereocenters. The zero-order chi connectivity index (χ0) is 12.5. The van der Waals surface area contributed by atoms with Gasteiger partial charge in [0.15, 0.2) is 0 Å². The van der Waals surface area contributed by atoms with Crippen molar-refractivity contribution in [1.29, 1.82) is 0 Å². The van der Waals surface area contributed by atoms with Gasteiger partial charge in [0.05, 0.1) is 0 Å². The average molecular weight is 257 g/mol. The Hall–Kier alpha value is -1.12. The molecule has 1 aliphatic rings. The van der Waals surface area contributed by atoms with Crippen molar-refractivity contribution in [3.05, 3.63) is 46.3 Å². The van der Waals surface area contributed by atoms with Crippen molar-refractivity contribution in [2.75, 3.05) is 6.54 Å². The molecular formula is C16H19NS. The second-order valence-corrected chi connectivity index (χ2v) is 6.40. The number of benzene rings is 1. The van der Waals surface area contributed by atoms with Crippen molar-refractivity contribution < 1.29 is 0 Å². The first kappa shape index (κ1) is 11.9. The number of fused-ring (bicyclic) bond motifs is 1. The summed E-state index contributed by atoms with van der Waals surface area (Å²) in [5.74, 6) is 0.611. The molecule has 0 saturated heterocycles. The van der Waals surface area contributed by atoms with Crippen LogP contribution in [0.5, 0.6) is 0 Å². The lowest BCUT2D eigenvalue weighted by molar-refractivity contribution is 0.653. The number of nitrogens with one attached hydrogen (secondary N) is 1. The van der Waals surface area contributed by atoms with Gasteiger partial charge in [-0.1, -0.05) is 38.1 Å². The highest BCUT2D eigenvalue weighted by atomic mass is 32.1. The minimum atomic E-state index is 0.611. The molecule has 0 amide bonds. The molecule has 1 nitrogen and oxygen atoms in total. The fourth-order valence-electron chi connectivity index (χ4n) is 2.43. The molecular weight excluding hydrogens is 238 g/mol. The Balaban J connectivity index is 1.92. The summed E-state index contributed by atoms with van der Waals surface area (Å²) in [7, 11) is 0. The molecule has 0 aliphatic carbocycles. The van der Waals surface area contributed by atoms with Crippen LogP contribution in [0.15, 0.2) is 30.3 Å². The smallest absolute Gasteiger partial charge is 0.0349 e. The first-order chi connectivity index (χ1) is 8.74. The summed E-state index contributed by atoms with van der Waals surface area (Å²) in [6, 6.07) is 11.4. The van der Waals surface area contributed by atoms with Gasteiger partial charge < -0.3 is 5.32 Å². The van der Waals surface area contributed by atoms with Crippen LogP contribution in [-0.4, -0.2) is 6.54 Å². The predicted octanol–water partition coefficient (Wildman–Crippen LogP) is 4.18. The Kier molecular flexibility index (Phi) is 3.23. The van der Waals surface area contributed by atoms with Gasteiger partial charge in [0.2, 0.25) is 0 Å². The Morgan fingerprint density at radius 2 is 1.94 bits per heavy atom. The number of rotatable bonds is 2. The molecule has 2 aromatic rings. The molecule has 2 heteroatoms. The van der Waals surface area contributed by atoms with E-state index in [9.17, 15) is 0 Å². The van der Waals surface area contributed by atoms with Crippen molar-refractivity contribution in [2.24, 2.45) is 0 Å². The number of hydrogen-bond acceptors (Lipinski definition) is 2. The molecule has 1 aromatic heterocycles. The Morgan fingerprint density at radius 3 is 2.61 bits per heavy atom. The molecule has 0 bridgehead atoms. The Labute approximate surface area is 113 Å². The topological polar surface area (TPSA) is 12.0 Å². The van der Waals surface area contributed by atoms with Crippen molar-refractivity contribution in [1.82, 2.24) is 5.32 Å². The van der Waals surface area contributed by atoms with Gasteiger partial charge in [-0.25, -0.2) is 0 Å². The molecule has 3 rings (SSSR count). The third kappa shape index (κ3) is 2.23. The monoisotopic (exact) mass is 257 g/mol. The van der Waals surface area contributed by atoms with E-state index in [0.29, 0.717) is 5.92 Å². The van der Waals surface area contributed by atoms with Gasteiger partial charge in [0.25, 0.3) is 0 Å². The van der Waals surface area contributed by atoms with Crippen LogP contribution < -0.4 is 5.32 Å². The molecule has 2 heterocycles. The summed E-state index contributed by atoms with van der Waals surface area (Å²) in [5.41, 5.74) is 4.27. The fourth-order valence-corrected chi connectivity index (χ4v) is 3.61. The van der Waals surface area contributed by atoms with Gasteiger partial charge in [0, 0.05) is 22.8 Å². The molecule has 0 fully saturated rings. The van der Waals surface area contributed by atoms with Gasteiger partial charge in [-0.2, -0.15) is 0 Å². The van der Waals surface area contributed by atoms with Crippen LogP contribution >= 0.6 is 11.3 Å². The van der Waals surface area contributed by atoms with E-state index in [-0.39, 0.29) is 0 Å². The van der Waals surface area contributed by atoms with Gasteiger partial charge in [0.1, 0.15) is 0 Å². The van der Waals surface area contributed by atoms with Crippen LogP contribution in [0.3, 0.4) is 0 Å². The Bertz CT molecular complexity index is 513. The summed E-state index contributed by atoms with van der Waals surface area (Å²) < 4.78 is 0. The van der Waals surface area contributed by atoms with Crippen molar-refractivity contribution >= 4 is 11.3 Å². The molecule has 0 unspecified atom stereocenters. The van der Waals surface area contributed by atoms with Crippen LogP contribution in [0.25, 0.3) is 10.4 Å². The summed E-state index contributed by atoms with van der Waals surface area (Å²) in [4.78, 5) is 2.98. The van der Waals surface area contributed by atoms with E-state index >= 15 is 0 Å². The van der Waals surface area contributed by atoms with Crippen LogP contribution in [0, 0.1) is 0 Å². The summed E-state index contributed by atoms with van der Waals surface area (Å²) in [5, 5.41) is 3.44. The first-order valence-electron chi connectivity index (χ1n) is 6.66. The maximum Gasteiger partial charge on any atom is 0.0349 e. The summed E-state index contributed by atoms with van der Waals surface area (Å²) in [6.07, 6.45) is 1.18. The minimum Gasteiger partial charge on any atom is -0.312 e. The lowest BCUT2D eigenvalue weighted by atomic mass is 10.0. The highest BCUT2D eigenvalue weighted by molar-refractivity contribution is 7.15. The van der Waals surface area contributed by atoms with Gasteiger partial charge >= 0.3 is 0 Å². The van der Waals surface area contributed by atoms with E-state index in [0.717, 1.165) is 13.1 Å². The van der Waals surface area contributed by atoms with E-state index < -0.39 is 0 Å². The quantitative estimate of drug-likeness (QED) is 0.851. The summed E-state index contributed by atoms with van der Waals surface area (Å²) >= 11 is 1.96. The van der Waals surface area contributed by atoms with Gasteiger partial charge in [-0.3, -0.25) is 0 Å². The third-order valence-corrected chi connectivity index (χ3v) is 4.89. The highest BCUT2D eigenvalue weighted by Gasteiger charge is 2.13. The lowest BCUT2D eigenvalue weighted by Crippen LogP contribution is -2.21. The molecule has 18 heavy (non-hydrogen) atoms. The molecule has 1 aliphatic heterocycles. The largest absolute Gasteiger partial charge is 0.312 e. The molecule has 1 aromatic carbocycles. The molecule has 0 spiro atoms. The maximum atomic E-state index is 3.44. The second kappa shape index (κ2) is 4.87. The molecule has 0 saturated carbocycles. The fraction of sp³-hybridized carbons (Fsp3) is 0.375. The van der Waals surface area contributed by atoms with Crippen molar-refractivity contribution in [3.63, 3.8) is 0 Å². The van der Waals surface area contributed by atoms with Crippen molar-refractivity contribution in [3.8, 4) is 10.4 Å². The Morgan fingerprint density at radius 1 is 1.17 bits per heavy atom. The van der Waals surface area contributed by atoms with E-state index in [1.165, 1.54) is 28.0 Å². The average Bonchev–Trinajstić information content (AvgIpc) is 2.82. The molecule has 94 valence electrons. The van der Waals surface area contributed by atoms with Crippen LogP contribution in [-0.2, 0) is 13.0 Å². The van der Waals surface area contributed by atoms with Crippen LogP contribution in [0.4, 0.5) is 0 Å². The van der Waals surface area contributed by atoms with E-state index in [2.05, 4.69) is 49.5 Å². The SMILES string of the molecule is CC(C)c1ccc(-c2cc3c(s2)CCNC3)cc1. The first-order valence-corrected chi connectivity index (χ1v) is 7.48. The van der Waals surface area contributed by atoms with E-state index in [4.69, 9.17) is 0 Å². The number of hydrogen-bond donors (Lipinski definition) is 1. The lowest BCUT2D eigenvalue weighted by Gasteiger charge is -2.10. The highest BCUT2D eigenvalue weighted by Crippen LogP contribution is 2.33.